The van der Waals surface area contributed by atoms with E-state index >= 15 is 0 Å². The van der Waals surface area contributed by atoms with Gasteiger partial charge in [0.25, 0.3) is 0 Å². The highest BCUT2D eigenvalue weighted by Crippen LogP contribution is 2.34. The first kappa shape index (κ1) is 11.5. The summed E-state index contributed by atoms with van der Waals surface area (Å²) >= 11 is 0. The van der Waals surface area contributed by atoms with Gasteiger partial charge in [-0.1, -0.05) is 6.92 Å². The summed E-state index contributed by atoms with van der Waals surface area (Å²) in [6, 6.07) is 0.264. The van der Waals surface area contributed by atoms with Crippen LogP contribution in [-0.4, -0.2) is 36.7 Å². The first-order valence-corrected chi connectivity index (χ1v) is 6.93. The lowest BCUT2D eigenvalue weighted by molar-refractivity contribution is -0.125. The van der Waals surface area contributed by atoms with E-state index in [2.05, 4.69) is 17.6 Å². The monoisotopic (exact) mass is 238 g/mol. The standard InChI is InChI=1S/C13H22N2O2/c1-8-3-2-6-14-12(8)13(16)15-10-7-9-4-5-11(10)17-9/h8-12,14H,2-7H2,1H3,(H,15,16). The molecule has 0 radical (unpaired) electrons. The van der Waals surface area contributed by atoms with Gasteiger partial charge >= 0.3 is 0 Å². The number of carbonyl (C=O) groups is 1. The number of hydrogen-bond acceptors (Lipinski definition) is 3. The molecule has 0 aromatic heterocycles. The molecule has 3 aliphatic rings. The smallest absolute Gasteiger partial charge is 0.237 e. The average molecular weight is 238 g/mol. The largest absolute Gasteiger partial charge is 0.373 e. The van der Waals surface area contributed by atoms with Crippen molar-refractivity contribution in [2.75, 3.05) is 6.54 Å². The predicted octanol–water partition coefficient (Wildman–Crippen LogP) is 0.811. The van der Waals surface area contributed by atoms with Crippen LogP contribution in [0.3, 0.4) is 0 Å². The second-order valence-corrected chi connectivity index (χ2v) is 5.78. The van der Waals surface area contributed by atoms with E-state index in [-0.39, 0.29) is 24.1 Å². The van der Waals surface area contributed by atoms with E-state index in [1.54, 1.807) is 0 Å². The Morgan fingerprint density at radius 2 is 2.24 bits per heavy atom. The zero-order chi connectivity index (χ0) is 11.8. The average Bonchev–Trinajstić information content (AvgIpc) is 2.91. The van der Waals surface area contributed by atoms with Crippen LogP contribution in [0.2, 0.25) is 0 Å². The Balaban J connectivity index is 1.56. The van der Waals surface area contributed by atoms with Gasteiger partial charge in [-0.2, -0.15) is 0 Å². The predicted molar refractivity (Wildman–Crippen MR) is 64.6 cm³/mol. The highest BCUT2D eigenvalue weighted by Gasteiger charge is 2.42. The summed E-state index contributed by atoms with van der Waals surface area (Å²) in [6.07, 6.45) is 6.32. The first-order chi connectivity index (χ1) is 8.24. The molecule has 0 spiro atoms. The van der Waals surface area contributed by atoms with Crippen LogP contribution in [0.5, 0.6) is 0 Å². The van der Waals surface area contributed by atoms with Crippen molar-refractivity contribution >= 4 is 5.91 Å². The molecule has 3 rings (SSSR count). The molecule has 3 saturated heterocycles. The van der Waals surface area contributed by atoms with E-state index in [4.69, 9.17) is 4.74 Å². The SMILES string of the molecule is CC1CCCNC1C(=O)NC1CC2CCC1O2. The fourth-order valence-corrected chi connectivity index (χ4v) is 3.46. The zero-order valence-electron chi connectivity index (χ0n) is 10.4. The van der Waals surface area contributed by atoms with Crippen molar-refractivity contribution in [3.05, 3.63) is 0 Å². The van der Waals surface area contributed by atoms with Crippen LogP contribution in [0.25, 0.3) is 0 Å². The number of ether oxygens (including phenoxy) is 1. The van der Waals surface area contributed by atoms with Crippen LogP contribution >= 0.6 is 0 Å². The zero-order valence-corrected chi connectivity index (χ0v) is 10.4. The fraction of sp³-hybridized carbons (Fsp3) is 0.923. The van der Waals surface area contributed by atoms with E-state index in [9.17, 15) is 4.79 Å². The summed E-state index contributed by atoms with van der Waals surface area (Å²) in [5, 5.41) is 6.52. The minimum atomic E-state index is 0.00266. The van der Waals surface area contributed by atoms with Crippen LogP contribution < -0.4 is 10.6 Å². The van der Waals surface area contributed by atoms with Gasteiger partial charge in [0, 0.05) is 0 Å². The molecule has 2 N–H and O–H groups in total. The molecule has 5 atom stereocenters. The third-order valence-corrected chi connectivity index (χ3v) is 4.49. The van der Waals surface area contributed by atoms with Gasteiger partial charge in [0.2, 0.25) is 5.91 Å². The molecule has 96 valence electrons. The summed E-state index contributed by atoms with van der Waals surface area (Å²) in [5.41, 5.74) is 0. The lowest BCUT2D eigenvalue weighted by Gasteiger charge is -2.31. The maximum absolute atomic E-state index is 12.2. The van der Waals surface area contributed by atoms with Crippen molar-refractivity contribution in [2.24, 2.45) is 5.92 Å². The van der Waals surface area contributed by atoms with Crippen molar-refractivity contribution in [2.45, 2.75) is 63.3 Å². The second-order valence-electron chi connectivity index (χ2n) is 5.78. The third-order valence-electron chi connectivity index (χ3n) is 4.49. The van der Waals surface area contributed by atoms with Gasteiger partial charge < -0.3 is 15.4 Å². The summed E-state index contributed by atoms with van der Waals surface area (Å²) in [4.78, 5) is 12.2. The maximum Gasteiger partial charge on any atom is 0.237 e. The molecule has 3 aliphatic heterocycles. The van der Waals surface area contributed by atoms with E-state index < -0.39 is 0 Å². The molecule has 0 aromatic carbocycles. The van der Waals surface area contributed by atoms with Gasteiger partial charge in [0.05, 0.1) is 24.3 Å². The van der Waals surface area contributed by atoms with Gasteiger partial charge in [0.1, 0.15) is 0 Å². The summed E-state index contributed by atoms with van der Waals surface area (Å²) in [6.45, 7) is 3.13. The molecule has 3 fully saturated rings. The highest BCUT2D eigenvalue weighted by atomic mass is 16.5. The number of hydrogen-bond donors (Lipinski definition) is 2. The Labute approximate surface area is 102 Å². The minimum Gasteiger partial charge on any atom is -0.373 e. The molecular weight excluding hydrogens is 216 g/mol. The summed E-state index contributed by atoms with van der Waals surface area (Å²) < 4.78 is 5.76. The molecule has 1 amide bonds. The highest BCUT2D eigenvalue weighted by molar-refractivity contribution is 5.82. The van der Waals surface area contributed by atoms with E-state index in [0.29, 0.717) is 12.0 Å². The number of piperidine rings is 1. The second kappa shape index (κ2) is 4.58. The number of rotatable bonds is 2. The molecule has 3 heterocycles. The lowest BCUT2D eigenvalue weighted by atomic mass is 9.90. The number of fused-ring (bicyclic) bond motifs is 2. The molecule has 4 nitrogen and oxygen atoms in total. The van der Waals surface area contributed by atoms with Crippen molar-refractivity contribution in [3.8, 4) is 0 Å². The van der Waals surface area contributed by atoms with E-state index in [1.165, 1.54) is 12.8 Å². The van der Waals surface area contributed by atoms with Crippen LogP contribution in [0.1, 0.15) is 39.0 Å². The topological polar surface area (TPSA) is 50.4 Å². The van der Waals surface area contributed by atoms with Crippen LogP contribution in [0.15, 0.2) is 0 Å². The lowest BCUT2D eigenvalue weighted by Crippen LogP contribution is -2.54. The Hall–Kier alpha value is -0.610. The number of amides is 1. The van der Waals surface area contributed by atoms with Crippen molar-refractivity contribution in [3.63, 3.8) is 0 Å². The van der Waals surface area contributed by atoms with Gasteiger partial charge in [0.15, 0.2) is 0 Å². The maximum atomic E-state index is 12.2. The van der Waals surface area contributed by atoms with Crippen molar-refractivity contribution in [1.29, 1.82) is 0 Å². The van der Waals surface area contributed by atoms with Gasteiger partial charge in [-0.05, 0) is 44.6 Å². The van der Waals surface area contributed by atoms with Gasteiger partial charge in [-0.15, -0.1) is 0 Å². The molecule has 17 heavy (non-hydrogen) atoms. The van der Waals surface area contributed by atoms with Crippen molar-refractivity contribution < 1.29 is 9.53 Å². The normalized spacial score (nSPS) is 44.9. The van der Waals surface area contributed by atoms with Crippen LogP contribution in [-0.2, 0) is 9.53 Å². The number of carbonyl (C=O) groups excluding carboxylic acids is 1. The number of nitrogens with one attached hydrogen (secondary N) is 2. The Morgan fingerprint density at radius 1 is 1.35 bits per heavy atom. The fourth-order valence-electron chi connectivity index (χ4n) is 3.46. The van der Waals surface area contributed by atoms with Crippen molar-refractivity contribution in [1.82, 2.24) is 10.6 Å². The molecular formula is C13H22N2O2. The van der Waals surface area contributed by atoms with Crippen LogP contribution in [0, 0.1) is 5.92 Å². The van der Waals surface area contributed by atoms with E-state index in [1.807, 2.05) is 0 Å². The minimum absolute atomic E-state index is 0.00266. The molecule has 5 unspecified atom stereocenters. The van der Waals surface area contributed by atoms with Gasteiger partial charge in [-0.25, -0.2) is 0 Å². The Kier molecular flexibility index (Phi) is 3.09. The van der Waals surface area contributed by atoms with Crippen LogP contribution in [0.4, 0.5) is 0 Å². The summed E-state index contributed by atoms with van der Waals surface area (Å²) in [7, 11) is 0. The van der Waals surface area contributed by atoms with Gasteiger partial charge in [-0.3, -0.25) is 4.79 Å². The Morgan fingerprint density at radius 3 is 2.88 bits per heavy atom. The quantitative estimate of drug-likeness (QED) is 0.748. The summed E-state index contributed by atoms with van der Waals surface area (Å²) in [5.74, 6) is 0.626. The molecule has 0 aromatic rings. The molecule has 0 saturated carbocycles. The molecule has 2 bridgehead atoms. The first-order valence-electron chi connectivity index (χ1n) is 6.93. The Bertz CT molecular complexity index is 308. The van der Waals surface area contributed by atoms with E-state index in [0.717, 1.165) is 25.8 Å². The molecule has 4 heteroatoms. The molecule has 0 aliphatic carbocycles. The third kappa shape index (κ3) is 2.20.